The number of nitrogens with one attached hydrogen (secondary N) is 1. The average Bonchev–Trinajstić information content (AvgIpc) is 2.52. The van der Waals surface area contributed by atoms with Gasteiger partial charge in [-0.25, -0.2) is 12.7 Å². The zero-order valence-corrected chi connectivity index (χ0v) is 15.8. The van der Waals surface area contributed by atoms with E-state index in [2.05, 4.69) is 37.4 Å². The van der Waals surface area contributed by atoms with Crippen LogP contribution in [0.1, 0.15) is 48.9 Å². The predicted octanol–water partition coefficient (Wildman–Crippen LogP) is 2.54. The van der Waals surface area contributed by atoms with Crippen molar-refractivity contribution in [3.8, 4) is 0 Å². The summed E-state index contributed by atoms with van der Waals surface area (Å²) in [4.78, 5) is 12.7. The molecule has 1 saturated heterocycles. The van der Waals surface area contributed by atoms with Crippen molar-refractivity contribution in [1.82, 2.24) is 9.62 Å². The number of hydrogen-bond donors (Lipinski definition) is 1. The molecule has 0 bridgehead atoms. The van der Waals surface area contributed by atoms with Crippen molar-refractivity contribution in [2.75, 3.05) is 19.3 Å². The highest BCUT2D eigenvalue weighted by molar-refractivity contribution is 7.88. The fourth-order valence-electron chi connectivity index (χ4n) is 3.36. The van der Waals surface area contributed by atoms with Gasteiger partial charge in [-0.05, 0) is 44.2 Å². The molecule has 0 unspecified atom stereocenters. The zero-order chi connectivity index (χ0) is 17.9. The molecular weight excluding hydrogens is 324 g/mol. The highest BCUT2D eigenvalue weighted by Gasteiger charge is 2.31. The van der Waals surface area contributed by atoms with E-state index >= 15 is 0 Å². The summed E-state index contributed by atoms with van der Waals surface area (Å²) < 4.78 is 24.9. The first-order valence-electron chi connectivity index (χ1n) is 8.55. The van der Waals surface area contributed by atoms with Crippen molar-refractivity contribution in [2.45, 2.75) is 46.1 Å². The molecule has 1 aromatic carbocycles. The lowest BCUT2D eigenvalue weighted by Gasteiger charge is -2.31. The van der Waals surface area contributed by atoms with Gasteiger partial charge in [0.25, 0.3) is 0 Å². The Bertz CT molecular complexity index is 700. The van der Waals surface area contributed by atoms with Gasteiger partial charge in [-0.1, -0.05) is 30.7 Å². The number of carbonyl (C=O) groups is 1. The van der Waals surface area contributed by atoms with Crippen LogP contribution in [0.15, 0.2) is 18.2 Å². The van der Waals surface area contributed by atoms with E-state index in [9.17, 15) is 13.2 Å². The smallest absolute Gasteiger partial charge is 0.224 e. The van der Waals surface area contributed by atoms with Crippen LogP contribution in [0.5, 0.6) is 0 Å². The minimum atomic E-state index is -3.24. The lowest BCUT2D eigenvalue weighted by atomic mass is 9.95. The predicted molar refractivity (Wildman–Crippen MR) is 96.2 cm³/mol. The molecule has 1 N–H and O–H groups in total. The van der Waals surface area contributed by atoms with Crippen molar-refractivity contribution >= 4 is 15.9 Å². The van der Waals surface area contributed by atoms with Crippen LogP contribution in [-0.4, -0.2) is 38.0 Å². The first kappa shape index (κ1) is 18.9. The Hall–Kier alpha value is -1.40. The van der Waals surface area contributed by atoms with Gasteiger partial charge in [0.05, 0.1) is 18.2 Å². The van der Waals surface area contributed by atoms with Crippen LogP contribution in [0, 0.1) is 19.8 Å². The second kappa shape index (κ2) is 7.66. The van der Waals surface area contributed by atoms with Crippen molar-refractivity contribution in [1.29, 1.82) is 0 Å². The summed E-state index contributed by atoms with van der Waals surface area (Å²) in [5.41, 5.74) is 3.50. The average molecular weight is 353 g/mol. The summed E-state index contributed by atoms with van der Waals surface area (Å²) in [6.45, 7) is 6.96. The molecule has 0 aromatic heterocycles. The van der Waals surface area contributed by atoms with E-state index in [-0.39, 0.29) is 24.4 Å². The van der Waals surface area contributed by atoms with Crippen molar-refractivity contribution in [3.63, 3.8) is 0 Å². The highest BCUT2D eigenvalue weighted by atomic mass is 32.2. The maximum absolute atomic E-state index is 12.7. The van der Waals surface area contributed by atoms with Crippen LogP contribution >= 0.6 is 0 Å². The van der Waals surface area contributed by atoms with Gasteiger partial charge in [0, 0.05) is 13.1 Å². The summed E-state index contributed by atoms with van der Waals surface area (Å²) in [6, 6.07) is 6.22. The number of sulfonamides is 1. The molecule has 2 atom stereocenters. The van der Waals surface area contributed by atoms with E-state index in [1.165, 1.54) is 21.7 Å². The molecule has 134 valence electrons. The molecule has 1 heterocycles. The molecule has 2 rings (SSSR count). The SMILES string of the molecule is CC[C@H](NC(=O)[C@H]1CCCN(S(C)(=O)=O)C1)c1ccc(C)cc1C. The third-order valence-corrected chi connectivity index (χ3v) is 6.02. The third kappa shape index (κ3) is 4.57. The topological polar surface area (TPSA) is 66.5 Å². The number of rotatable bonds is 5. The second-order valence-corrected chi connectivity index (χ2v) is 8.77. The summed E-state index contributed by atoms with van der Waals surface area (Å²) in [5, 5.41) is 3.12. The molecule has 0 radical (unpaired) electrons. The highest BCUT2D eigenvalue weighted by Crippen LogP contribution is 2.24. The minimum Gasteiger partial charge on any atom is -0.349 e. The van der Waals surface area contributed by atoms with Gasteiger partial charge in [-0.3, -0.25) is 4.79 Å². The Morgan fingerprint density at radius 2 is 2.08 bits per heavy atom. The quantitative estimate of drug-likeness (QED) is 0.885. The summed E-state index contributed by atoms with van der Waals surface area (Å²) in [7, 11) is -3.24. The zero-order valence-electron chi connectivity index (χ0n) is 15.0. The lowest BCUT2D eigenvalue weighted by molar-refractivity contribution is -0.126. The van der Waals surface area contributed by atoms with Crippen LogP contribution < -0.4 is 5.32 Å². The van der Waals surface area contributed by atoms with E-state index in [1.807, 2.05) is 6.92 Å². The third-order valence-electron chi connectivity index (χ3n) is 4.75. The minimum absolute atomic E-state index is 0.0355. The molecule has 0 aliphatic carbocycles. The molecule has 1 aliphatic rings. The number of hydrogen-bond acceptors (Lipinski definition) is 3. The Morgan fingerprint density at radius 1 is 1.38 bits per heavy atom. The van der Waals surface area contributed by atoms with Gasteiger partial charge in [0.2, 0.25) is 15.9 Å². The van der Waals surface area contributed by atoms with Crippen molar-refractivity contribution in [2.24, 2.45) is 5.92 Å². The van der Waals surface area contributed by atoms with Gasteiger partial charge in [0.15, 0.2) is 0 Å². The fraction of sp³-hybridized carbons (Fsp3) is 0.611. The van der Waals surface area contributed by atoms with Crippen LogP contribution in [0.4, 0.5) is 0 Å². The maximum Gasteiger partial charge on any atom is 0.224 e. The molecule has 6 heteroatoms. The van der Waals surface area contributed by atoms with E-state index in [1.54, 1.807) is 0 Å². The summed E-state index contributed by atoms with van der Waals surface area (Å²) in [5.74, 6) is -0.316. The molecule has 1 fully saturated rings. The van der Waals surface area contributed by atoms with Gasteiger partial charge in [-0.15, -0.1) is 0 Å². The Kier molecular flexibility index (Phi) is 6.04. The number of amides is 1. The van der Waals surface area contributed by atoms with Gasteiger partial charge < -0.3 is 5.32 Å². The molecule has 0 saturated carbocycles. The largest absolute Gasteiger partial charge is 0.349 e. The van der Waals surface area contributed by atoms with Crippen molar-refractivity contribution in [3.05, 3.63) is 34.9 Å². The van der Waals surface area contributed by atoms with Gasteiger partial charge in [-0.2, -0.15) is 0 Å². The fourth-order valence-corrected chi connectivity index (χ4v) is 4.28. The number of piperidine rings is 1. The maximum atomic E-state index is 12.7. The normalized spacial score (nSPS) is 20.6. The number of nitrogens with zero attached hydrogens (tertiary/aromatic N) is 1. The molecule has 1 aromatic rings. The molecule has 5 nitrogen and oxygen atoms in total. The van der Waals surface area contributed by atoms with Crippen LogP contribution in [0.3, 0.4) is 0 Å². The molecule has 1 aliphatic heterocycles. The van der Waals surface area contributed by atoms with Crippen LogP contribution in [0.2, 0.25) is 0 Å². The second-order valence-electron chi connectivity index (χ2n) is 6.79. The first-order chi connectivity index (χ1) is 11.2. The van der Waals surface area contributed by atoms with E-state index < -0.39 is 10.0 Å². The van der Waals surface area contributed by atoms with Crippen LogP contribution in [-0.2, 0) is 14.8 Å². The molecule has 0 spiro atoms. The standard InChI is InChI=1S/C18H28N2O3S/c1-5-17(16-9-8-13(2)11-14(16)3)19-18(21)15-7-6-10-20(12-15)24(4,22)23/h8-9,11,15,17H,5-7,10,12H2,1-4H3,(H,19,21)/t15-,17-/m0/s1. The van der Waals surface area contributed by atoms with Gasteiger partial charge in [0.1, 0.15) is 0 Å². The first-order valence-corrected chi connectivity index (χ1v) is 10.4. The van der Waals surface area contributed by atoms with Crippen LogP contribution in [0.25, 0.3) is 0 Å². The van der Waals surface area contributed by atoms with E-state index in [4.69, 9.17) is 0 Å². The number of carbonyl (C=O) groups excluding carboxylic acids is 1. The van der Waals surface area contributed by atoms with Gasteiger partial charge >= 0.3 is 0 Å². The molecule has 24 heavy (non-hydrogen) atoms. The summed E-state index contributed by atoms with van der Waals surface area (Å²) >= 11 is 0. The Labute approximate surface area is 145 Å². The molecule has 1 amide bonds. The molecular formula is C18H28N2O3S. The summed E-state index contributed by atoms with van der Waals surface area (Å²) in [6.07, 6.45) is 3.47. The van der Waals surface area contributed by atoms with E-state index in [0.29, 0.717) is 6.54 Å². The lowest BCUT2D eigenvalue weighted by Crippen LogP contribution is -2.45. The Morgan fingerprint density at radius 3 is 2.67 bits per heavy atom. The number of benzene rings is 1. The Balaban J connectivity index is 2.09. The van der Waals surface area contributed by atoms with Crippen molar-refractivity contribution < 1.29 is 13.2 Å². The monoisotopic (exact) mass is 352 g/mol. The van der Waals surface area contributed by atoms with E-state index in [0.717, 1.165) is 24.8 Å². The number of aryl methyl sites for hydroxylation is 2.